The summed E-state index contributed by atoms with van der Waals surface area (Å²) in [7, 11) is 0. The first-order chi connectivity index (χ1) is 9.20. The highest BCUT2D eigenvalue weighted by atomic mass is 16.2. The van der Waals surface area contributed by atoms with E-state index in [9.17, 15) is 4.79 Å². The molecule has 0 aliphatic heterocycles. The minimum atomic E-state index is -0.145. The average molecular weight is 275 g/mol. The van der Waals surface area contributed by atoms with Gasteiger partial charge in [0.1, 0.15) is 0 Å². The minimum absolute atomic E-state index is 0.0335. The predicted octanol–water partition coefficient (Wildman–Crippen LogP) is 3.25. The van der Waals surface area contributed by atoms with E-state index in [0.29, 0.717) is 0 Å². The van der Waals surface area contributed by atoms with Crippen LogP contribution in [0.5, 0.6) is 0 Å². The second kappa shape index (κ2) is 6.55. The van der Waals surface area contributed by atoms with E-state index in [1.807, 2.05) is 32.9 Å². The Balaban J connectivity index is 2.52. The summed E-state index contributed by atoms with van der Waals surface area (Å²) in [6.45, 7) is 12.4. The van der Waals surface area contributed by atoms with Gasteiger partial charge in [0, 0.05) is 16.8 Å². The first-order valence-corrected chi connectivity index (χ1v) is 6.85. The van der Waals surface area contributed by atoms with Crippen molar-refractivity contribution in [3.8, 4) is 0 Å². The van der Waals surface area contributed by atoms with E-state index < -0.39 is 0 Å². The molecule has 2 N–H and O–H groups in total. The van der Waals surface area contributed by atoms with E-state index in [-0.39, 0.29) is 17.9 Å². The molecule has 0 saturated heterocycles. The molecule has 0 aromatic heterocycles. The van der Waals surface area contributed by atoms with Crippen LogP contribution in [0.2, 0.25) is 0 Å². The molecule has 1 amide bonds. The van der Waals surface area contributed by atoms with Crippen LogP contribution in [0.3, 0.4) is 0 Å². The van der Waals surface area contributed by atoms with Crippen LogP contribution in [-0.2, 0) is 4.79 Å². The Morgan fingerprint density at radius 2 is 1.90 bits per heavy atom. The van der Waals surface area contributed by atoms with Gasteiger partial charge in [0.15, 0.2) is 0 Å². The number of rotatable bonds is 4. The summed E-state index contributed by atoms with van der Waals surface area (Å²) in [5.74, 6) is -0.145. The van der Waals surface area contributed by atoms with Crippen LogP contribution in [-0.4, -0.2) is 18.2 Å². The van der Waals surface area contributed by atoms with E-state index in [1.165, 1.54) is 5.56 Å². The van der Waals surface area contributed by atoms with Gasteiger partial charge in [-0.3, -0.25) is 4.79 Å². The van der Waals surface area contributed by atoms with Gasteiger partial charge in [-0.25, -0.2) is 5.43 Å². The Morgan fingerprint density at radius 3 is 2.45 bits per heavy atom. The number of amides is 1. The third-order valence-corrected chi connectivity index (χ3v) is 3.26. The molecule has 0 bridgehead atoms. The van der Waals surface area contributed by atoms with E-state index >= 15 is 0 Å². The molecule has 0 spiro atoms. The molecule has 110 valence electrons. The number of hydrogen-bond acceptors (Lipinski definition) is 3. The van der Waals surface area contributed by atoms with Crippen molar-refractivity contribution in [2.75, 3.05) is 11.9 Å². The Labute approximate surface area is 121 Å². The molecular weight excluding hydrogens is 250 g/mol. The number of nitrogens with zero attached hydrogens (tertiary/aromatic N) is 1. The minimum Gasteiger partial charge on any atom is -0.376 e. The fourth-order valence-corrected chi connectivity index (χ4v) is 1.54. The molecule has 4 nitrogen and oxygen atoms in total. The second-order valence-electron chi connectivity index (χ2n) is 6.15. The molecule has 20 heavy (non-hydrogen) atoms. The van der Waals surface area contributed by atoms with Gasteiger partial charge in [-0.2, -0.15) is 5.10 Å². The van der Waals surface area contributed by atoms with Crippen molar-refractivity contribution in [1.82, 2.24) is 5.43 Å². The lowest BCUT2D eigenvalue weighted by atomic mass is 9.91. The lowest BCUT2D eigenvalue weighted by molar-refractivity contribution is -0.119. The number of carbonyl (C=O) groups excluding carboxylic acids is 1. The molecule has 1 aromatic carbocycles. The SMILES string of the molecule is CC(=NNC(=O)CNc1ccc(C)cc1C)C(C)(C)C. The molecule has 0 unspecified atom stereocenters. The van der Waals surface area contributed by atoms with Gasteiger partial charge in [-0.15, -0.1) is 0 Å². The van der Waals surface area contributed by atoms with Crippen molar-refractivity contribution in [2.45, 2.75) is 41.5 Å². The summed E-state index contributed by atoms with van der Waals surface area (Å²) in [6, 6.07) is 6.10. The van der Waals surface area contributed by atoms with E-state index in [0.717, 1.165) is 17.0 Å². The lowest BCUT2D eigenvalue weighted by Gasteiger charge is -2.17. The van der Waals surface area contributed by atoms with Crippen LogP contribution in [0.1, 0.15) is 38.8 Å². The number of hydrogen-bond donors (Lipinski definition) is 2. The summed E-state index contributed by atoms with van der Waals surface area (Å²) < 4.78 is 0. The topological polar surface area (TPSA) is 53.5 Å². The molecule has 0 heterocycles. The van der Waals surface area contributed by atoms with Crippen LogP contribution in [0.25, 0.3) is 0 Å². The maximum absolute atomic E-state index is 11.7. The van der Waals surface area contributed by atoms with Gasteiger partial charge in [0.2, 0.25) is 0 Å². The molecule has 0 aliphatic rings. The number of nitrogens with one attached hydrogen (secondary N) is 2. The lowest BCUT2D eigenvalue weighted by Crippen LogP contribution is -2.29. The highest BCUT2D eigenvalue weighted by Crippen LogP contribution is 2.16. The van der Waals surface area contributed by atoms with Gasteiger partial charge in [0.05, 0.1) is 6.54 Å². The summed E-state index contributed by atoms with van der Waals surface area (Å²) in [4.78, 5) is 11.7. The zero-order valence-corrected chi connectivity index (χ0v) is 13.3. The number of benzene rings is 1. The number of aryl methyl sites for hydroxylation is 2. The van der Waals surface area contributed by atoms with E-state index in [1.54, 1.807) is 0 Å². The monoisotopic (exact) mass is 275 g/mol. The number of carbonyl (C=O) groups is 1. The Hall–Kier alpha value is -1.84. The zero-order valence-electron chi connectivity index (χ0n) is 13.3. The first kappa shape index (κ1) is 16.2. The molecule has 0 radical (unpaired) electrons. The quantitative estimate of drug-likeness (QED) is 0.654. The van der Waals surface area contributed by atoms with Gasteiger partial charge >= 0.3 is 0 Å². The Morgan fingerprint density at radius 1 is 1.25 bits per heavy atom. The molecule has 0 fully saturated rings. The fraction of sp³-hybridized carbons (Fsp3) is 0.500. The molecular formula is C16H25N3O. The van der Waals surface area contributed by atoms with Crippen LogP contribution < -0.4 is 10.7 Å². The van der Waals surface area contributed by atoms with Gasteiger partial charge in [0.25, 0.3) is 5.91 Å². The Bertz CT molecular complexity index is 513. The van der Waals surface area contributed by atoms with Crippen molar-refractivity contribution < 1.29 is 4.79 Å². The summed E-state index contributed by atoms with van der Waals surface area (Å²) >= 11 is 0. The van der Waals surface area contributed by atoms with Gasteiger partial charge in [-0.05, 0) is 32.4 Å². The predicted molar refractivity (Wildman–Crippen MR) is 85.1 cm³/mol. The van der Waals surface area contributed by atoms with Gasteiger partial charge in [-0.1, -0.05) is 38.5 Å². The summed E-state index contributed by atoms with van der Waals surface area (Å²) in [5, 5.41) is 7.24. The Kier molecular flexibility index (Phi) is 5.31. The molecule has 1 aromatic rings. The number of hydrazone groups is 1. The first-order valence-electron chi connectivity index (χ1n) is 6.85. The smallest absolute Gasteiger partial charge is 0.259 e. The normalized spacial score (nSPS) is 12.2. The third kappa shape index (κ3) is 5.03. The van der Waals surface area contributed by atoms with Crippen LogP contribution in [0.15, 0.2) is 23.3 Å². The fourth-order valence-electron chi connectivity index (χ4n) is 1.54. The summed E-state index contributed by atoms with van der Waals surface area (Å²) in [6.07, 6.45) is 0. The molecule has 4 heteroatoms. The van der Waals surface area contributed by atoms with Crippen LogP contribution in [0.4, 0.5) is 5.69 Å². The number of anilines is 1. The van der Waals surface area contributed by atoms with Crippen molar-refractivity contribution in [3.05, 3.63) is 29.3 Å². The molecule has 0 atom stereocenters. The largest absolute Gasteiger partial charge is 0.376 e. The highest BCUT2D eigenvalue weighted by molar-refractivity contribution is 5.89. The van der Waals surface area contributed by atoms with Crippen molar-refractivity contribution >= 4 is 17.3 Å². The molecule has 0 saturated carbocycles. The van der Waals surface area contributed by atoms with Crippen LogP contribution in [0, 0.1) is 19.3 Å². The second-order valence-corrected chi connectivity index (χ2v) is 6.15. The zero-order chi connectivity index (χ0) is 15.3. The van der Waals surface area contributed by atoms with E-state index in [4.69, 9.17) is 0 Å². The highest BCUT2D eigenvalue weighted by Gasteiger charge is 2.14. The maximum Gasteiger partial charge on any atom is 0.259 e. The van der Waals surface area contributed by atoms with Crippen molar-refractivity contribution in [3.63, 3.8) is 0 Å². The van der Waals surface area contributed by atoms with E-state index in [2.05, 4.69) is 42.7 Å². The molecule has 1 rings (SSSR count). The average Bonchev–Trinajstić information content (AvgIpc) is 2.33. The van der Waals surface area contributed by atoms with Crippen LogP contribution >= 0.6 is 0 Å². The summed E-state index contributed by atoms with van der Waals surface area (Å²) in [5.41, 5.74) is 6.76. The third-order valence-electron chi connectivity index (χ3n) is 3.26. The molecule has 0 aliphatic carbocycles. The van der Waals surface area contributed by atoms with Crippen molar-refractivity contribution in [1.29, 1.82) is 0 Å². The standard InChI is InChI=1S/C16H25N3O/c1-11-7-8-14(12(2)9-11)17-10-15(20)19-18-13(3)16(4,5)6/h7-9,17H,10H2,1-6H3,(H,19,20). The maximum atomic E-state index is 11.7. The van der Waals surface area contributed by atoms with Gasteiger partial charge < -0.3 is 5.32 Å². The van der Waals surface area contributed by atoms with Crippen molar-refractivity contribution in [2.24, 2.45) is 10.5 Å².